The van der Waals surface area contributed by atoms with E-state index < -0.39 is 0 Å². The first kappa shape index (κ1) is 10.5. The molecule has 1 rings (SSSR count). The molecule has 1 heterocycles. The third kappa shape index (κ3) is 3.34. The zero-order valence-corrected chi connectivity index (χ0v) is 8.08. The molecule has 0 bridgehead atoms. The number of nitrogens with two attached hydrogens (primary N) is 1. The first-order valence-electron chi connectivity index (χ1n) is 4.66. The van der Waals surface area contributed by atoms with Gasteiger partial charge in [-0.25, -0.2) is 5.43 Å². The summed E-state index contributed by atoms with van der Waals surface area (Å²) in [4.78, 5) is 0. The van der Waals surface area contributed by atoms with Crippen LogP contribution in [-0.4, -0.2) is 26.4 Å². The first-order chi connectivity index (χ1) is 6.38. The summed E-state index contributed by atoms with van der Waals surface area (Å²) in [6.45, 7) is 1.56. The van der Waals surface area contributed by atoms with Crippen LogP contribution in [0.2, 0.25) is 0 Å². The molecule has 0 aromatic heterocycles. The Bertz CT molecular complexity index is 171. The maximum absolute atomic E-state index is 5.42. The van der Waals surface area contributed by atoms with Crippen LogP contribution >= 0.6 is 0 Å². The van der Waals surface area contributed by atoms with Crippen molar-refractivity contribution in [2.24, 2.45) is 5.84 Å². The lowest BCUT2D eigenvalue weighted by Gasteiger charge is -2.16. The minimum absolute atomic E-state index is 0.151. The van der Waals surface area contributed by atoms with Gasteiger partial charge in [0.1, 0.15) is 5.76 Å². The van der Waals surface area contributed by atoms with Crippen molar-refractivity contribution in [3.05, 3.63) is 11.8 Å². The summed E-state index contributed by atoms with van der Waals surface area (Å²) in [5, 5.41) is 0. The van der Waals surface area contributed by atoms with Crippen molar-refractivity contribution in [1.82, 2.24) is 5.43 Å². The molecule has 0 aromatic carbocycles. The molecule has 1 atom stereocenters. The van der Waals surface area contributed by atoms with Crippen molar-refractivity contribution in [1.29, 1.82) is 0 Å². The Kier molecular flexibility index (Phi) is 4.82. The Morgan fingerprint density at radius 2 is 2.62 bits per heavy atom. The van der Waals surface area contributed by atoms with Crippen molar-refractivity contribution in [3.8, 4) is 0 Å². The molecule has 76 valence electrons. The molecule has 3 N–H and O–H groups in total. The summed E-state index contributed by atoms with van der Waals surface area (Å²) in [5.41, 5.74) is 2.75. The molecule has 4 nitrogen and oxygen atoms in total. The van der Waals surface area contributed by atoms with Crippen LogP contribution in [-0.2, 0) is 9.47 Å². The maximum Gasteiger partial charge on any atom is 0.110 e. The third-order valence-corrected chi connectivity index (χ3v) is 2.12. The predicted octanol–water partition coefficient (Wildman–Crippen LogP) is 0.549. The van der Waals surface area contributed by atoms with Crippen LogP contribution in [0.3, 0.4) is 0 Å². The number of rotatable bonds is 6. The van der Waals surface area contributed by atoms with Crippen molar-refractivity contribution in [3.63, 3.8) is 0 Å². The molecule has 0 saturated carbocycles. The van der Waals surface area contributed by atoms with Gasteiger partial charge in [0.2, 0.25) is 0 Å². The Morgan fingerprint density at radius 3 is 3.15 bits per heavy atom. The van der Waals surface area contributed by atoms with Gasteiger partial charge in [-0.2, -0.15) is 0 Å². The van der Waals surface area contributed by atoms with Crippen LogP contribution in [0.15, 0.2) is 11.8 Å². The molecule has 1 unspecified atom stereocenters. The van der Waals surface area contributed by atoms with Crippen LogP contribution < -0.4 is 11.3 Å². The average molecular weight is 186 g/mol. The lowest BCUT2D eigenvalue weighted by Crippen LogP contribution is -2.37. The van der Waals surface area contributed by atoms with E-state index in [1.807, 2.05) is 0 Å². The van der Waals surface area contributed by atoms with E-state index in [-0.39, 0.29) is 6.04 Å². The molecule has 0 amide bonds. The zero-order valence-electron chi connectivity index (χ0n) is 8.08. The number of methoxy groups -OCH3 is 1. The van der Waals surface area contributed by atoms with Gasteiger partial charge in [0.15, 0.2) is 0 Å². The van der Waals surface area contributed by atoms with Gasteiger partial charge in [-0.1, -0.05) is 0 Å². The fraction of sp³-hybridized carbons (Fsp3) is 0.778. The van der Waals surface area contributed by atoms with Gasteiger partial charge in [0.05, 0.1) is 12.6 Å². The van der Waals surface area contributed by atoms with E-state index in [4.69, 9.17) is 15.3 Å². The minimum atomic E-state index is 0.151. The van der Waals surface area contributed by atoms with Crippen LogP contribution in [0, 0.1) is 0 Å². The number of hydrazine groups is 1. The zero-order chi connectivity index (χ0) is 9.52. The second-order valence-corrected chi connectivity index (χ2v) is 3.10. The van der Waals surface area contributed by atoms with E-state index in [2.05, 4.69) is 11.5 Å². The molecular weight excluding hydrogens is 168 g/mol. The highest BCUT2D eigenvalue weighted by atomic mass is 16.5. The van der Waals surface area contributed by atoms with Crippen molar-refractivity contribution >= 4 is 0 Å². The van der Waals surface area contributed by atoms with E-state index >= 15 is 0 Å². The standard InChI is InChI=1S/C9H18N2O2/c1-12-6-2-4-8(11-10)9-5-3-7-13-9/h5,8,11H,2-4,6-7,10H2,1H3. The minimum Gasteiger partial charge on any atom is -0.496 e. The molecule has 0 spiro atoms. The largest absolute Gasteiger partial charge is 0.496 e. The van der Waals surface area contributed by atoms with Crippen LogP contribution in [0.25, 0.3) is 0 Å². The molecule has 4 heteroatoms. The summed E-state index contributed by atoms with van der Waals surface area (Å²) >= 11 is 0. The fourth-order valence-electron chi connectivity index (χ4n) is 1.42. The summed E-state index contributed by atoms with van der Waals surface area (Å²) in [6.07, 6.45) is 5.04. The van der Waals surface area contributed by atoms with E-state index in [1.165, 1.54) is 0 Å². The molecule has 0 radical (unpaired) electrons. The molecule has 0 aliphatic carbocycles. The second-order valence-electron chi connectivity index (χ2n) is 3.10. The first-order valence-corrected chi connectivity index (χ1v) is 4.66. The highest BCUT2D eigenvalue weighted by molar-refractivity contribution is 5.06. The summed E-state index contributed by atoms with van der Waals surface area (Å²) in [6, 6.07) is 0.151. The molecule has 13 heavy (non-hydrogen) atoms. The molecule has 1 aliphatic heterocycles. The monoisotopic (exact) mass is 186 g/mol. The smallest absolute Gasteiger partial charge is 0.110 e. The fourth-order valence-corrected chi connectivity index (χ4v) is 1.42. The lowest BCUT2D eigenvalue weighted by molar-refractivity contribution is 0.178. The van der Waals surface area contributed by atoms with Gasteiger partial charge in [-0.05, 0) is 18.9 Å². The molecular formula is C9H18N2O2. The normalized spacial score (nSPS) is 18.2. The lowest BCUT2D eigenvalue weighted by atomic mass is 10.1. The molecule has 0 fully saturated rings. The van der Waals surface area contributed by atoms with Gasteiger partial charge >= 0.3 is 0 Å². The topological polar surface area (TPSA) is 56.5 Å². The van der Waals surface area contributed by atoms with Gasteiger partial charge in [-0.3, -0.25) is 5.84 Å². The van der Waals surface area contributed by atoms with Crippen LogP contribution in [0.4, 0.5) is 0 Å². The highest BCUT2D eigenvalue weighted by Gasteiger charge is 2.16. The van der Waals surface area contributed by atoms with Crippen LogP contribution in [0.5, 0.6) is 0 Å². The molecule has 0 saturated heterocycles. The molecule has 0 aromatic rings. The van der Waals surface area contributed by atoms with E-state index in [0.717, 1.165) is 38.2 Å². The Balaban J connectivity index is 2.25. The molecule has 1 aliphatic rings. The summed E-state index contributed by atoms with van der Waals surface area (Å²) < 4.78 is 10.4. The van der Waals surface area contributed by atoms with E-state index in [0.29, 0.717) is 0 Å². The Hall–Kier alpha value is -0.580. The van der Waals surface area contributed by atoms with Crippen molar-refractivity contribution in [2.45, 2.75) is 25.3 Å². The quantitative estimate of drug-likeness (QED) is 0.361. The van der Waals surface area contributed by atoms with Crippen molar-refractivity contribution < 1.29 is 9.47 Å². The van der Waals surface area contributed by atoms with Gasteiger partial charge < -0.3 is 9.47 Å². The highest BCUT2D eigenvalue weighted by Crippen LogP contribution is 2.16. The van der Waals surface area contributed by atoms with Crippen LogP contribution in [0.1, 0.15) is 19.3 Å². The maximum atomic E-state index is 5.42. The number of hydrogen-bond donors (Lipinski definition) is 2. The second kappa shape index (κ2) is 5.96. The van der Waals surface area contributed by atoms with Gasteiger partial charge in [0.25, 0.3) is 0 Å². The van der Waals surface area contributed by atoms with Gasteiger partial charge in [-0.15, -0.1) is 0 Å². The van der Waals surface area contributed by atoms with E-state index in [9.17, 15) is 0 Å². The predicted molar refractivity (Wildman–Crippen MR) is 50.9 cm³/mol. The Labute approximate surface area is 79.1 Å². The number of hydrogen-bond acceptors (Lipinski definition) is 4. The SMILES string of the molecule is COCCCC(NN)C1=CCCO1. The average Bonchev–Trinajstić information content (AvgIpc) is 2.65. The number of ether oxygens (including phenoxy) is 2. The van der Waals surface area contributed by atoms with E-state index in [1.54, 1.807) is 7.11 Å². The number of nitrogens with one attached hydrogen (secondary N) is 1. The van der Waals surface area contributed by atoms with Crippen molar-refractivity contribution in [2.75, 3.05) is 20.3 Å². The third-order valence-electron chi connectivity index (χ3n) is 2.12. The summed E-state index contributed by atoms with van der Waals surface area (Å²) in [7, 11) is 1.70. The summed E-state index contributed by atoms with van der Waals surface area (Å²) in [5.74, 6) is 6.41. The Morgan fingerprint density at radius 1 is 1.77 bits per heavy atom. The van der Waals surface area contributed by atoms with Gasteiger partial charge in [0, 0.05) is 20.1 Å².